The molecule has 23 heavy (non-hydrogen) atoms. The van der Waals surface area contributed by atoms with E-state index < -0.39 is 36.4 Å². The number of benzene rings is 1. The fraction of sp³-hybridized carbons (Fsp3) is 0.385. The molecule has 1 amide bonds. The number of aliphatic carboxylic acids is 1. The van der Waals surface area contributed by atoms with Gasteiger partial charge in [-0.25, -0.2) is 0 Å². The SMILES string of the molecule is O=C(c1ccc2n[nH]nc2c1)N1CCC(C(=O)O)(C(F)(F)F)C1. The number of hydrogen-bond acceptors (Lipinski definition) is 4. The molecule has 1 aliphatic heterocycles. The third kappa shape index (κ3) is 2.30. The second kappa shape index (κ2) is 4.93. The fourth-order valence-corrected chi connectivity index (χ4v) is 2.67. The van der Waals surface area contributed by atoms with E-state index in [0.717, 1.165) is 4.90 Å². The van der Waals surface area contributed by atoms with Crippen LogP contribution >= 0.6 is 0 Å². The first-order valence-electron chi connectivity index (χ1n) is 6.64. The van der Waals surface area contributed by atoms with Crippen LogP contribution in [0.5, 0.6) is 0 Å². The molecule has 1 atom stereocenters. The van der Waals surface area contributed by atoms with Crippen molar-refractivity contribution < 1.29 is 27.9 Å². The van der Waals surface area contributed by atoms with Gasteiger partial charge in [0.2, 0.25) is 0 Å². The largest absolute Gasteiger partial charge is 0.481 e. The molecule has 0 bridgehead atoms. The lowest BCUT2D eigenvalue weighted by Gasteiger charge is -2.27. The number of hydrogen-bond donors (Lipinski definition) is 2. The molecule has 1 aromatic carbocycles. The van der Waals surface area contributed by atoms with Crippen molar-refractivity contribution in [3.63, 3.8) is 0 Å². The average Bonchev–Trinajstić information content (AvgIpc) is 3.12. The third-order valence-corrected chi connectivity index (χ3v) is 4.07. The highest BCUT2D eigenvalue weighted by Crippen LogP contribution is 2.46. The standard InChI is InChI=1S/C13H11F3N4O3/c14-13(15,16)12(11(22)23)3-4-20(6-12)10(21)7-1-2-8-9(5-7)18-19-17-8/h1-2,5H,3-4,6H2,(H,22,23)(H,17,18,19). The molecule has 3 rings (SSSR count). The van der Waals surface area contributed by atoms with Crippen molar-refractivity contribution in [1.82, 2.24) is 20.3 Å². The Morgan fingerprint density at radius 2 is 1.96 bits per heavy atom. The number of carbonyl (C=O) groups is 2. The van der Waals surface area contributed by atoms with Crippen molar-refractivity contribution in [2.45, 2.75) is 12.6 Å². The molecule has 10 heteroatoms. The lowest BCUT2D eigenvalue weighted by atomic mass is 9.86. The monoisotopic (exact) mass is 328 g/mol. The van der Waals surface area contributed by atoms with E-state index in [0.29, 0.717) is 11.0 Å². The van der Waals surface area contributed by atoms with Gasteiger partial charge in [-0.05, 0) is 24.6 Å². The minimum atomic E-state index is -4.93. The minimum Gasteiger partial charge on any atom is -0.481 e. The van der Waals surface area contributed by atoms with Crippen molar-refractivity contribution in [2.24, 2.45) is 5.41 Å². The zero-order chi connectivity index (χ0) is 16.8. The number of rotatable bonds is 2. The summed E-state index contributed by atoms with van der Waals surface area (Å²) in [4.78, 5) is 24.4. The van der Waals surface area contributed by atoms with Crippen LogP contribution in [0.1, 0.15) is 16.8 Å². The zero-order valence-electron chi connectivity index (χ0n) is 11.6. The summed E-state index contributed by atoms with van der Waals surface area (Å²) in [7, 11) is 0. The maximum absolute atomic E-state index is 13.1. The van der Waals surface area contributed by atoms with Gasteiger partial charge in [-0.15, -0.1) is 0 Å². The second-order valence-electron chi connectivity index (χ2n) is 5.39. The van der Waals surface area contributed by atoms with Gasteiger partial charge in [-0.2, -0.15) is 28.6 Å². The Bertz CT molecular complexity index is 788. The minimum absolute atomic E-state index is 0.134. The number of fused-ring (bicyclic) bond motifs is 1. The number of alkyl halides is 3. The second-order valence-corrected chi connectivity index (χ2v) is 5.39. The number of carboxylic acid groups (broad SMARTS) is 1. The smallest absolute Gasteiger partial charge is 0.406 e. The van der Waals surface area contributed by atoms with Gasteiger partial charge in [0.15, 0.2) is 5.41 Å². The number of halogens is 3. The lowest BCUT2D eigenvalue weighted by Crippen LogP contribution is -2.47. The van der Waals surface area contributed by atoms with Gasteiger partial charge < -0.3 is 10.0 Å². The van der Waals surface area contributed by atoms with E-state index in [2.05, 4.69) is 15.4 Å². The number of H-pyrrole nitrogens is 1. The molecule has 1 fully saturated rings. The van der Waals surface area contributed by atoms with Crippen LogP contribution in [0.2, 0.25) is 0 Å². The maximum atomic E-state index is 13.1. The van der Waals surface area contributed by atoms with Crippen molar-refractivity contribution in [1.29, 1.82) is 0 Å². The molecule has 0 spiro atoms. The van der Waals surface area contributed by atoms with E-state index in [-0.39, 0.29) is 12.1 Å². The van der Waals surface area contributed by atoms with Crippen LogP contribution in [0, 0.1) is 5.41 Å². The van der Waals surface area contributed by atoms with Gasteiger partial charge in [0.1, 0.15) is 11.0 Å². The van der Waals surface area contributed by atoms with Crippen LogP contribution in [0.4, 0.5) is 13.2 Å². The molecule has 0 aliphatic carbocycles. The van der Waals surface area contributed by atoms with Crippen LogP contribution in [0.25, 0.3) is 11.0 Å². The van der Waals surface area contributed by atoms with Crippen molar-refractivity contribution in [3.05, 3.63) is 23.8 Å². The van der Waals surface area contributed by atoms with E-state index >= 15 is 0 Å². The van der Waals surface area contributed by atoms with Crippen molar-refractivity contribution in [2.75, 3.05) is 13.1 Å². The lowest BCUT2D eigenvalue weighted by molar-refractivity contribution is -0.227. The van der Waals surface area contributed by atoms with Crippen LogP contribution < -0.4 is 0 Å². The summed E-state index contributed by atoms with van der Waals surface area (Å²) >= 11 is 0. The molecular formula is C13H11F3N4O3. The van der Waals surface area contributed by atoms with Gasteiger partial charge in [0.25, 0.3) is 5.91 Å². The van der Waals surface area contributed by atoms with Gasteiger partial charge >= 0.3 is 12.1 Å². The molecule has 2 N–H and O–H groups in total. The first-order valence-corrected chi connectivity index (χ1v) is 6.64. The molecule has 1 aliphatic rings. The van der Waals surface area contributed by atoms with E-state index in [1.807, 2.05) is 0 Å². The number of nitrogens with zero attached hydrogens (tertiary/aromatic N) is 3. The molecule has 1 unspecified atom stereocenters. The van der Waals surface area contributed by atoms with Gasteiger partial charge in [-0.1, -0.05) is 0 Å². The van der Waals surface area contributed by atoms with Crippen LogP contribution in [-0.2, 0) is 4.79 Å². The fourth-order valence-electron chi connectivity index (χ4n) is 2.67. The Morgan fingerprint density at radius 1 is 1.26 bits per heavy atom. The molecule has 2 heterocycles. The Hall–Kier alpha value is -2.65. The number of aromatic nitrogens is 3. The number of amides is 1. The van der Waals surface area contributed by atoms with E-state index in [1.54, 1.807) is 0 Å². The van der Waals surface area contributed by atoms with Gasteiger partial charge in [0.05, 0.1) is 0 Å². The summed E-state index contributed by atoms with van der Waals surface area (Å²) in [6, 6.07) is 4.33. The highest BCUT2D eigenvalue weighted by atomic mass is 19.4. The van der Waals surface area contributed by atoms with Gasteiger partial charge in [-0.3, -0.25) is 9.59 Å². The summed E-state index contributed by atoms with van der Waals surface area (Å²) in [6.45, 7) is -1.18. The average molecular weight is 328 g/mol. The Kier molecular flexibility index (Phi) is 3.27. The van der Waals surface area contributed by atoms with E-state index in [9.17, 15) is 22.8 Å². The van der Waals surface area contributed by atoms with Crippen molar-refractivity contribution >= 4 is 22.9 Å². The summed E-state index contributed by atoms with van der Waals surface area (Å²) in [5, 5.41) is 19.0. The first-order chi connectivity index (χ1) is 10.7. The zero-order valence-corrected chi connectivity index (χ0v) is 11.6. The van der Waals surface area contributed by atoms with E-state index in [1.165, 1.54) is 18.2 Å². The molecule has 122 valence electrons. The predicted molar refractivity (Wildman–Crippen MR) is 70.5 cm³/mol. The molecule has 2 aromatic rings. The predicted octanol–water partition coefficient (Wildman–Crippen LogP) is 1.44. The number of carboxylic acids is 1. The highest BCUT2D eigenvalue weighted by Gasteiger charge is 2.64. The first kappa shape index (κ1) is 15.3. The number of likely N-dealkylation sites (tertiary alicyclic amines) is 1. The van der Waals surface area contributed by atoms with Gasteiger partial charge in [0, 0.05) is 18.7 Å². The number of nitrogens with one attached hydrogen (secondary N) is 1. The van der Waals surface area contributed by atoms with Crippen LogP contribution in [-0.4, -0.2) is 56.6 Å². The Morgan fingerprint density at radius 3 is 2.57 bits per heavy atom. The highest BCUT2D eigenvalue weighted by molar-refractivity contribution is 5.97. The quantitative estimate of drug-likeness (QED) is 0.869. The summed E-state index contributed by atoms with van der Waals surface area (Å²) in [5.41, 5.74) is -1.87. The van der Waals surface area contributed by atoms with Crippen LogP contribution in [0.3, 0.4) is 0 Å². The van der Waals surface area contributed by atoms with E-state index in [4.69, 9.17) is 5.11 Å². The molecule has 7 nitrogen and oxygen atoms in total. The van der Waals surface area contributed by atoms with Crippen LogP contribution in [0.15, 0.2) is 18.2 Å². The summed E-state index contributed by atoms with van der Waals surface area (Å²) < 4.78 is 39.4. The molecule has 0 radical (unpaired) electrons. The molecular weight excluding hydrogens is 317 g/mol. The summed E-state index contributed by atoms with van der Waals surface area (Å²) in [5.74, 6) is -2.63. The third-order valence-electron chi connectivity index (χ3n) is 4.07. The normalized spacial score (nSPS) is 21.8. The number of aromatic amines is 1. The van der Waals surface area contributed by atoms with Crippen molar-refractivity contribution in [3.8, 4) is 0 Å². The topological polar surface area (TPSA) is 99.2 Å². The molecule has 1 saturated heterocycles. The summed E-state index contributed by atoms with van der Waals surface area (Å²) in [6.07, 6.45) is -5.59. The maximum Gasteiger partial charge on any atom is 0.406 e. The molecule has 0 saturated carbocycles. The number of carbonyl (C=O) groups excluding carboxylic acids is 1. The Labute approximate surface area is 127 Å². The Balaban J connectivity index is 1.88. The molecule has 1 aromatic heterocycles.